The first-order valence-electron chi connectivity index (χ1n) is 5.60. The van der Waals surface area contributed by atoms with Crippen LogP contribution < -0.4 is 0 Å². The van der Waals surface area contributed by atoms with Gasteiger partial charge in [0.2, 0.25) is 0 Å². The highest BCUT2D eigenvalue weighted by molar-refractivity contribution is 5.38. The van der Waals surface area contributed by atoms with E-state index in [-0.39, 0.29) is 0 Å². The molecule has 0 saturated heterocycles. The van der Waals surface area contributed by atoms with Crippen molar-refractivity contribution in [2.45, 2.75) is 38.7 Å². The molecule has 2 rings (SSSR count). The summed E-state index contributed by atoms with van der Waals surface area (Å²) in [4.78, 5) is 0. The van der Waals surface area contributed by atoms with Crippen molar-refractivity contribution >= 4 is 0 Å². The zero-order valence-electron chi connectivity index (χ0n) is 9.46. The number of aliphatic hydroxyl groups is 1. The fourth-order valence-corrected chi connectivity index (χ4v) is 2.28. The molecular weight excluding hydrogens is 184 g/mol. The van der Waals surface area contributed by atoms with Crippen molar-refractivity contribution < 1.29 is 5.11 Å². The standard InChI is InChI=1S/C14H18O/c1-11-6-7-12(2)13(10-11)14(15)8-4-3-5-9-14/h4,6-8,10,15H,3,5,9H2,1-2H3. The molecule has 15 heavy (non-hydrogen) atoms. The van der Waals surface area contributed by atoms with E-state index in [0.29, 0.717) is 0 Å². The van der Waals surface area contributed by atoms with E-state index in [1.807, 2.05) is 6.08 Å². The molecule has 1 nitrogen and oxygen atoms in total. The summed E-state index contributed by atoms with van der Waals surface area (Å²) in [5.41, 5.74) is 2.73. The maximum absolute atomic E-state index is 10.6. The summed E-state index contributed by atoms with van der Waals surface area (Å²) in [5, 5.41) is 10.6. The van der Waals surface area contributed by atoms with Gasteiger partial charge in [-0.15, -0.1) is 0 Å². The van der Waals surface area contributed by atoms with Gasteiger partial charge in [-0.2, -0.15) is 0 Å². The average molecular weight is 202 g/mol. The molecule has 0 spiro atoms. The van der Waals surface area contributed by atoms with E-state index in [4.69, 9.17) is 0 Å². The molecule has 1 atom stereocenters. The first-order valence-corrected chi connectivity index (χ1v) is 5.60. The quantitative estimate of drug-likeness (QED) is 0.693. The average Bonchev–Trinajstić information content (AvgIpc) is 2.23. The second kappa shape index (κ2) is 3.82. The summed E-state index contributed by atoms with van der Waals surface area (Å²) in [5.74, 6) is 0. The number of hydrogen-bond acceptors (Lipinski definition) is 1. The van der Waals surface area contributed by atoms with Gasteiger partial charge in [0.15, 0.2) is 0 Å². The molecule has 0 heterocycles. The Kier molecular flexibility index (Phi) is 2.66. The number of aryl methyl sites for hydroxylation is 2. The first kappa shape index (κ1) is 10.4. The van der Waals surface area contributed by atoms with Crippen molar-refractivity contribution in [3.8, 4) is 0 Å². The van der Waals surface area contributed by atoms with Crippen LogP contribution in [-0.4, -0.2) is 5.11 Å². The van der Waals surface area contributed by atoms with E-state index in [2.05, 4.69) is 38.1 Å². The van der Waals surface area contributed by atoms with Gasteiger partial charge in [-0.1, -0.05) is 35.9 Å². The number of rotatable bonds is 1. The maximum Gasteiger partial charge on any atom is 0.108 e. The maximum atomic E-state index is 10.6. The molecular formula is C14H18O. The van der Waals surface area contributed by atoms with Crippen LogP contribution in [0.25, 0.3) is 0 Å². The molecule has 1 aromatic carbocycles. The highest BCUT2D eigenvalue weighted by Crippen LogP contribution is 2.34. The third kappa shape index (κ3) is 1.98. The fourth-order valence-electron chi connectivity index (χ4n) is 2.28. The van der Waals surface area contributed by atoms with Gasteiger partial charge in [0.1, 0.15) is 5.60 Å². The molecule has 1 heteroatoms. The van der Waals surface area contributed by atoms with Crippen molar-refractivity contribution in [3.63, 3.8) is 0 Å². The minimum absolute atomic E-state index is 0.728. The van der Waals surface area contributed by atoms with Crippen molar-refractivity contribution in [2.24, 2.45) is 0 Å². The predicted molar refractivity (Wildman–Crippen MR) is 62.8 cm³/mol. The Labute approximate surface area is 91.4 Å². The summed E-state index contributed by atoms with van der Waals surface area (Å²) in [6.45, 7) is 4.13. The van der Waals surface area contributed by atoms with Gasteiger partial charge >= 0.3 is 0 Å². The van der Waals surface area contributed by atoms with Crippen LogP contribution in [0.5, 0.6) is 0 Å². The molecule has 0 aromatic heterocycles. The van der Waals surface area contributed by atoms with Crippen LogP contribution in [0.3, 0.4) is 0 Å². The molecule has 1 aliphatic rings. The molecule has 0 fully saturated rings. The molecule has 1 unspecified atom stereocenters. The van der Waals surface area contributed by atoms with E-state index < -0.39 is 5.60 Å². The molecule has 1 aromatic rings. The van der Waals surface area contributed by atoms with Crippen LogP contribution in [0.15, 0.2) is 30.4 Å². The molecule has 0 aliphatic heterocycles. The van der Waals surface area contributed by atoms with Gasteiger partial charge in [-0.05, 0) is 44.2 Å². The third-order valence-electron chi connectivity index (χ3n) is 3.18. The van der Waals surface area contributed by atoms with Crippen molar-refractivity contribution in [1.82, 2.24) is 0 Å². The highest BCUT2D eigenvalue weighted by atomic mass is 16.3. The van der Waals surface area contributed by atoms with Gasteiger partial charge in [0, 0.05) is 0 Å². The third-order valence-corrected chi connectivity index (χ3v) is 3.18. The van der Waals surface area contributed by atoms with Gasteiger partial charge in [-0.3, -0.25) is 0 Å². The van der Waals surface area contributed by atoms with E-state index in [9.17, 15) is 5.11 Å². The Balaban J connectivity index is 2.47. The Morgan fingerprint density at radius 1 is 1.27 bits per heavy atom. The molecule has 1 aliphatic carbocycles. The number of benzene rings is 1. The minimum atomic E-state index is -0.728. The second-order valence-electron chi connectivity index (χ2n) is 4.54. The fraction of sp³-hybridized carbons (Fsp3) is 0.429. The summed E-state index contributed by atoms with van der Waals surface area (Å²) >= 11 is 0. The van der Waals surface area contributed by atoms with Gasteiger partial charge in [-0.25, -0.2) is 0 Å². The van der Waals surface area contributed by atoms with Crippen LogP contribution in [-0.2, 0) is 5.60 Å². The van der Waals surface area contributed by atoms with E-state index in [0.717, 1.165) is 24.8 Å². The van der Waals surface area contributed by atoms with Gasteiger partial charge < -0.3 is 5.11 Å². The zero-order chi connectivity index (χ0) is 10.9. The van der Waals surface area contributed by atoms with E-state index in [1.165, 1.54) is 11.1 Å². The minimum Gasteiger partial charge on any atom is -0.381 e. The molecule has 0 amide bonds. The van der Waals surface area contributed by atoms with Crippen molar-refractivity contribution in [2.75, 3.05) is 0 Å². The topological polar surface area (TPSA) is 20.2 Å². The van der Waals surface area contributed by atoms with Crippen molar-refractivity contribution in [3.05, 3.63) is 47.0 Å². The largest absolute Gasteiger partial charge is 0.381 e. The van der Waals surface area contributed by atoms with Crippen LogP contribution in [0.4, 0.5) is 0 Å². The van der Waals surface area contributed by atoms with Gasteiger partial charge in [0.25, 0.3) is 0 Å². The molecule has 0 saturated carbocycles. The summed E-state index contributed by atoms with van der Waals surface area (Å²) in [7, 11) is 0. The SMILES string of the molecule is Cc1ccc(C)c(C2(O)C=CCCC2)c1. The first-order chi connectivity index (χ1) is 7.12. The smallest absolute Gasteiger partial charge is 0.108 e. The summed E-state index contributed by atoms with van der Waals surface area (Å²) < 4.78 is 0. The molecule has 0 radical (unpaired) electrons. The normalized spacial score (nSPS) is 25.5. The van der Waals surface area contributed by atoms with Crippen LogP contribution in [0.2, 0.25) is 0 Å². The Hall–Kier alpha value is -1.08. The van der Waals surface area contributed by atoms with E-state index >= 15 is 0 Å². The van der Waals surface area contributed by atoms with Crippen LogP contribution >= 0.6 is 0 Å². The molecule has 1 N–H and O–H groups in total. The highest BCUT2D eigenvalue weighted by Gasteiger charge is 2.28. The zero-order valence-corrected chi connectivity index (χ0v) is 9.46. The lowest BCUT2D eigenvalue weighted by molar-refractivity contribution is 0.0719. The summed E-state index contributed by atoms with van der Waals surface area (Å²) in [6.07, 6.45) is 7.05. The lowest BCUT2D eigenvalue weighted by atomic mass is 9.82. The lowest BCUT2D eigenvalue weighted by Crippen LogP contribution is -2.25. The second-order valence-corrected chi connectivity index (χ2v) is 4.54. The Morgan fingerprint density at radius 2 is 2.07 bits per heavy atom. The number of allylic oxidation sites excluding steroid dienone is 1. The number of hydrogen-bond donors (Lipinski definition) is 1. The van der Waals surface area contributed by atoms with Crippen LogP contribution in [0, 0.1) is 13.8 Å². The predicted octanol–water partition coefficient (Wildman–Crippen LogP) is 3.23. The van der Waals surface area contributed by atoms with Crippen molar-refractivity contribution in [1.29, 1.82) is 0 Å². The Morgan fingerprint density at radius 3 is 2.73 bits per heavy atom. The Bertz CT molecular complexity index is 392. The van der Waals surface area contributed by atoms with Crippen LogP contribution in [0.1, 0.15) is 36.0 Å². The molecule has 0 bridgehead atoms. The molecule has 80 valence electrons. The van der Waals surface area contributed by atoms with Gasteiger partial charge in [0.05, 0.1) is 0 Å². The van der Waals surface area contributed by atoms with E-state index in [1.54, 1.807) is 0 Å². The monoisotopic (exact) mass is 202 g/mol. The summed E-state index contributed by atoms with van der Waals surface area (Å²) in [6, 6.07) is 6.28. The lowest BCUT2D eigenvalue weighted by Gasteiger charge is -2.29.